The molecule has 1 saturated heterocycles. The van der Waals surface area contributed by atoms with Crippen molar-refractivity contribution in [2.24, 2.45) is 5.92 Å². The maximum absolute atomic E-state index is 13.1. The number of aliphatic hydroxyl groups excluding tert-OH is 1. The summed E-state index contributed by atoms with van der Waals surface area (Å²) in [5.41, 5.74) is 5.70. The lowest BCUT2D eigenvalue weighted by molar-refractivity contribution is -0.129. The van der Waals surface area contributed by atoms with Gasteiger partial charge < -0.3 is 26.5 Å². The van der Waals surface area contributed by atoms with E-state index in [4.69, 9.17) is 10.4 Å². The second kappa shape index (κ2) is 12.9. The number of aromatic nitrogens is 2. The van der Waals surface area contributed by atoms with E-state index in [-0.39, 0.29) is 18.7 Å². The predicted octanol–water partition coefficient (Wildman–Crippen LogP) is 3.86. The zero-order valence-corrected chi connectivity index (χ0v) is 24.5. The molecule has 228 valence electrons. The third-order valence-corrected chi connectivity index (χ3v) is 8.48. The number of hydrogen-bond acceptors (Lipinski definition) is 9. The number of rotatable bonds is 13. The highest BCUT2D eigenvalue weighted by Crippen LogP contribution is 2.38. The number of allylic oxidation sites excluding steroid dienone is 2. The minimum atomic E-state index is -1.26. The summed E-state index contributed by atoms with van der Waals surface area (Å²) in [7, 11) is 0. The second-order valence-electron chi connectivity index (χ2n) is 11.6. The van der Waals surface area contributed by atoms with E-state index in [1.807, 2.05) is 24.3 Å². The Morgan fingerprint density at radius 3 is 2.48 bits per heavy atom. The monoisotopic (exact) mass is 595 g/mol. The number of anilines is 1. The quantitative estimate of drug-likeness (QED) is 0.113. The molecule has 3 amide bonds. The predicted molar refractivity (Wildman–Crippen MR) is 167 cm³/mol. The van der Waals surface area contributed by atoms with Gasteiger partial charge in [-0.1, -0.05) is 25.0 Å². The Morgan fingerprint density at radius 2 is 1.73 bits per heavy atom. The van der Waals surface area contributed by atoms with E-state index in [0.29, 0.717) is 17.0 Å². The van der Waals surface area contributed by atoms with Crippen LogP contribution in [0.5, 0.6) is 0 Å². The third-order valence-electron chi connectivity index (χ3n) is 8.48. The fourth-order valence-electron chi connectivity index (χ4n) is 5.98. The third kappa shape index (κ3) is 6.19. The number of amides is 3. The van der Waals surface area contributed by atoms with Gasteiger partial charge in [0, 0.05) is 42.7 Å². The van der Waals surface area contributed by atoms with E-state index >= 15 is 0 Å². The number of fused-ring (bicyclic) bond motifs is 2. The van der Waals surface area contributed by atoms with Crippen molar-refractivity contribution in [3.8, 4) is 0 Å². The van der Waals surface area contributed by atoms with Crippen LogP contribution >= 0.6 is 0 Å². The zero-order chi connectivity index (χ0) is 30.6. The van der Waals surface area contributed by atoms with Gasteiger partial charge in [-0.2, -0.15) is 0 Å². The molecule has 11 nitrogen and oxygen atoms in total. The van der Waals surface area contributed by atoms with Gasteiger partial charge in [-0.3, -0.25) is 24.3 Å². The van der Waals surface area contributed by atoms with Crippen LogP contribution in [0.25, 0.3) is 16.6 Å². The largest absolute Gasteiger partial charge is 0.388 e. The van der Waals surface area contributed by atoms with Crippen molar-refractivity contribution in [1.82, 2.24) is 25.5 Å². The number of nitrogens with one attached hydrogen (secondary N) is 4. The van der Waals surface area contributed by atoms with Crippen molar-refractivity contribution in [2.75, 3.05) is 18.4 Å². The molecule has 2 unspecified atom stereocenters. The number of carbonyl (C=O) groups is 3. The summed E-state index contributed by atoms with van der Waals surface area (Å²) in [4.78, 5) is 47.9. The van der Waals surface area contributed by atoms with Gasteiger partial charge in [-0.25, -0.2) is 4.98 Å². The van der Waals surface area contributed by atoms with Crippen LogP contribution in [-0.4, -0.2) is 69.3 Å². The number of imide groups is 1. The van der Waals surface area contributed by atoms with Gasteiger partial charge in [-0.15, -0.1) is 0 Å². The Bertz CT molecular complexity index is 1630. The molecule has 0 bridgehead atoms. The van der Waals surface area contributed by atoms with Crippen molar-refractivity contribution >= 4 is 46.2 Å². The summed E-state index contributed by atoms with van der Waals surface area (Å²) in [6, 6.07) is 12.1. The molecule has 3 aliphatic rings. The van der Waals surface area contributed by atoms with Crippen LogP contribution in [0.3, 0.4) is 0 Å². The first kappa shape index (κ1) is 29.4. The van der Waals surface area contributed by atoms with Crippen LogP contribution in [0.1, 0.15) is 77.8 Å². The van der Waals surface area contributed by atoms with Crippen LogP contribution in [0.15, 0.2) is 54.4 Å². The summed E-state index contributed by atoms with van der Waals surface area (Å²) in [6.07, 6.45) is 8.55. The number of benzene rings is 2. The number of carbonyl (C=O) groups excluding carboxylic acids is 3. The molecule has 1 aromatic heterocycles. The maximum Gasteiger partial charge on any atom is 0.262 e. The van der Waals surface area contributed by atoms with Gasteiger partial charge in [0.1, 0.15) is 6.23 Å². The number of unbranched alkanes of at least 4 members (excludes halogenated alkanes) is 3. The highest BCUT2D eigenvalue weighted by atomic mass is 16.3. The van der Waals surface area contributed by atoms with E-state index in [0.717, 1.165) is 90.2 Å². The standard InChI is InChI=1S/C33H37N7O4/c34-18-24(27-19-37-25-7-3-4-8-26(25)38-27)30(20-9-10-20)36-16-6-2-1-5-15-35-21-11-12-22-23(17-21)33(44)40(32(22)43)28-13-14-29(41)39-31(28)42/h3-4,7-8,11-12,17-20,28,31,34-36,42H,1-2,5-6,9-10,13-16H2,(H,39,41)/b30-24+,34-18?. The lowest BCUT2D eigenvalue weighted by atomic mass is 10.0. The van der Waals surface area contributed by atoms with Crippen molar-refractivity contribution in [1.29, 1.82) is 5.41 Å². The lowest BCUT2D eigenvalue weighted by Crippen LogP contribution is -2.57. The molecular formula is C33H37N7O4. The summed E-state index contributed by atoms with van der Waals surface area (Å²) in [5, 5.41) is 27.7. The molecule has 0 spiro atoms. The normalized spacial score (nSPS) is 20.3. The van der Waals surface area contributed by atoms with E-state index in [9.17, 15) is 19.5 Å². The average Bonchev–Trinajstić information content (AvgIpc) is 3.84. The molecule has 11 heteroatoms. The lowest BCUT2D eigenvalue weighted by Gasteiger charge is -2.33. The summed E-state index contributed by atoms with van der Waals surface area (Å²) < 4.78 is 0. The van der Waals surface area contributed by atoms with Gasteiger partial charge in [0.15, 0.2) is 0 Å². The van der Waals surface area contributed by atoms with E-state index in [1.54, 1.807) is 24.4 Å². The molecule has 3 heterocycles. The summed E-state index contributed by atoms with van der Waals surface area (Å²) in [5.74, 6) is -0.737. The van der Waals surface area contributed by atoms with Crippen LogP contribution in [0, 0.1) is 11.3 Å². The van der Waals surface area contributed by atoms with Gasteiger partial charge in [0.25, 0.3) is 11.8 Å². The Balaban J connectivity index is 0.961. The highest BCUT2D eigenvalue weighted by Gasteiger charge is 2.44. The SMILES string of the molecule is N=C/C(=C(\NCCCCCCNc1ccc2c(c1)C(=O)N(C1CCC(=O)NC1O)C2=O)C1CC1)c1cnc2ccccc2n1. The van der Waals surface area contributed by atoms with Crippen LogP contribution in [-0.2, 0) is 4.79 Å². The van der Waals surface area contributed by atoms with Crippen molar-refractivity contribution in [3.05, 3.63) is 71.2 Å². The van der Waals surface area contributed by atoms with Gasteiger partial charge in [-0.05, 0) is 68.4 Å². The van der Waals surface area contributed by atoms with Gasteiger partial charge in [0.2, 0.25) is 5.91 Å². The molecule has 2 fully saturated rings. The number of piperidine rings is 1. The fraction of sp³-hybridized carbons (Fsp3) is 0.394. The van der Waals surface area contributed by atoms with E-state index in [1.165, 1.54) is 6.21 Å². The topological polar surface area (TPSA) is 160 Å². The number of aliphatic hydroxyl groups is 1. The zero-order valence-electron chi connectivity index (χ0n) is 24.5. The molecule has 2 aromatic carbocycles. The molecule has 44 heavy (non-hydrogen) atoms. The molecule has 1 aliphatic carbocycles. The minimum absolute atomic E-state index is 0.154. The Labute approximate surface area is 255 Å². The first-order chi connectivity index (χ1) is 21.4. The first-order valence-corrected chi connectivity index (χ1v) is 15.4. The Morgan fingerprint density at radius 1 is 0.977 bits per heavy atom. The molecule has 1 saturated carbocycles. The smallest absolute Gasteiger partial charge is 0.262 e. The molecule has 2 aliphatic heterocycles. The van der Waals surface area contributed by atoms with Crippen molar-refractivity contribution in [2.45, 2.75) is 63.6 Å². The number of nitrogens with zero attached hydrogens (tertiary/aromatic N) is 3. The summed E-state index contributed by atoms with van der Waals surface area (Å²) in [6.45, 7) is 1.56. The van der Waals surface area contributed by atoms with Gasteiger partial charge in [0.05, 0.1) is 40.1 Å². The van der Waals surface area contributed by atoms with Gasteiger partial charge >= 0.3 is 0 Å². The minimum Gasteiger partial charge on any atom is -0.388 e. The average molecular weight is 596 g/mol. The van der Waals surface area contributed by atoms with Crippen LogP contribution in [0.2, 0.25) is 0 Å². The summed E-state index contributed by atoms with van der Waals surface area (Å²) >= 11 is 0. The number of hydrogen-bond donors (Lipinski definition) is 5. The van der Waals surface area contributed by atoms with Crippen LogP contribution < -0.4 is 16.0 Å². The molecule has 6 rings (SSSR count). The van der Waals surface area contributed by atoms with E-state index < -0.39 is 24.1 Å². The molecule has 0 radical (unpaired) electrons. The molecule has 5 N–H and O–H groups in total. The second-order valence-corrected chi connectivity index (χ2v) is 11.6. The fourth-order valence-corrected chi connectivity index (χ4v) is 5.98. The Hall–Kier alpha value is -4.64. The Kier molecular flexibility index (Phi) is 8.65. The molecule has 2 atom stereocenters. The van der Waals surface area contributed by atoms with Crippen molar-refractivity contribution in [3.63, 3.8) is 0 Å². The maximum atomic E-state index is 13.1. The van der Waals surface area contributed by atoms with Crippen molar-refractivity contribution < 1.29 is 19.5 Å². The number of para-hydroxylation sites is 2. The molecule has 3 aromatic rings. The first-order valence-electron chi connectivity index (χ1n) is 15.4. The molecular weight excluding hydrogens is 558 g/mol. The highest BCUT2D eigenvalue weighted by molar-refractivity contribution is 6.22. The van der Waals surface area contributed by atoms with Crippen LogP contribution in [0.4, 0.5) is 5.69 Å². The van der Waals surface area contributed by atoms with E-state index in [2.05, 4.69) is 20.9 Å².